The first-order valence-electron chi connectivity index (χ1n) is 16.6. The van der Waals surface area contributed by atoms with Crippen LogP contribution in [0.25, 0.3) is 0 Å². The zero-order valence-electron chi connectivity index (χ0n) is 29.0. The van der Waals surface area contributed by atoms with E-state index in [1.807, 2.05) is 89.2 Å². The number of pyridine rings is 1. The summed E-state index contributed by atoms with van der Waals surface area (Å²) in [6.07, 6.45) is 2.01. The minimum absolute atomic E-state index is 0.162. The van der Waals surface area contributed by atoms with Gasteiger partial charge < -0.3 is 14.7 Å². The molecule has 256 valence electrons. The predicted octanol–water partition coefficient (Wildman–Crippen LogP) is 7.22. The molecule has 1 aliphatic rings. The number of carboxylic acid groups (broad SMARTS) is 1. The lowest BCUT2D eigenvalue weighted by Crippen LogP contribution is -2.56. The Hall–Kier alpha value is -3.63. The summed E-state index contributed by atoms with van der Waals surface area (Å²) >= 11 is 0. The zero-order valence-corrected chi connectivity index (χ0v) is 29.8. The first-order chi connectivity index (χ1) is 22.2. The molecular formula is C37H52N4O5S. The molecule has 1 saturated carbocycles. The van der Waals surface area contributed by atoms with Gasteiger partial charge in [0.05, 0.1) is 25.0 Å². The molecule has 1 N–H and O–H groups in total. The van der Waals surface area contributed by atoms with Gasteiger partial charge >= 0.3 is 6.09 Å². The van der Waals surface area contributed by atoms with Crippen molar-refractivity contribution in [3.63, 3.8) is 0 Å². The van der Waals surface area contributed by atoms with Crippen molar-refractivity contribution < 1.29 is 23.1 Å². The average Bonchev–Trinajstić information content (AvgIpc) is 3.71. The van der Waals surface area contributed by atoms with E-state index in [9.17, 15) is 18.3 Å². The van der Waals surface area contributed by atoms with Crippen LogP contribution in [0.2, 0.25) is 0 Å². The number of anilines is 2. The Morgan fingerprint density at radius 2 is 1.57 bits per heavy atom. The highest BCUT2D eigenvalue weighted by atomic mass is 32.2. The molecule has 1 amide bonds. The van der Waals surface area contributed by atoms with Gasteiger partial charge in [0.15, 0.2) is 0 Å². The molecule has 10 heteroatoms. The highest BCUT2D eigenvalue weighted by Gasteiger charge is 2.37. The summed E-state index contributed by atoms with van der Waals surface area (Å²) in [6.45, 7) is 13.7. The maximum Gasteiger partial charge on any atom is 0.408 e. The largest absolute Gasteiger partial charge is 0.465 e. The van der Waals surface area contributed by atoms with Gasteiger partial charge in [-0.15, -0.1) is 0 Å². The van der Waals surface area contributed by atoms with Gasteiger partial charge in [-0.05, 0) is 87.6 Å². The fourth-order valence-corrected chi connectivity index (χ4v) is 7.10. The first-order valence-corrected chi connectivity index (χ1v) is 18.5. The number of nitrogens with zero attached hydrogens (tertiary/aromatic N) is 4. The third-order valence-corrected chi connectivity index (χ3v) is 9.99. The van der Waals surface area contributed by atoms with Crippen molar-refractivity contribution >= 4 is 27.8 Å². The number of aromatic nitrogens is 1. The van der Waals surface area contributed by atoms with Crippen molar-refractivity contribution in [2.75, 3.05) is 28.6 Å². The molecular weight excluding hydrogens is 612 g/mol. The molecule has 1 aromatic heterocycles. The van der Waals surface area contributed by atoms with Crippen LogP contribution in [0.3, 0.4) is 0 Å². The lowest BCUT2D eigenvalue weighted by Gasteiger charge is -2.42. The summed E-state index contributed by atoms with van der Waals surface area (Å²) < 4.78 is 33.8. The molecule has 0 aliphatic heterocycles. The maximum atomic E-state index is 13.0. The SMILES string of the molecule is CCCN(c1cc(COC(C)C(Cc2ccccc2)N(C(=O)O)C(C)(C)C)cc(N(Cc2ccccc2)CC2CC2C)n1)S(C)(=O)=O. The lowest BCUT2D eigenvalue weighted by molar-refractivity contribution is -0.0322. The van der Waals surface area contributed by atoms with Gasteiger partial charge in [0.2, 0.25) is 10.0 Å². The Bertz CT molecular complexity index is 1560. The first kappa shape index (κ1) is 36.2. The summed E-state index contributed by atoms with van der Waals surface area (Å²) in [5, 5.41) is 10.3. The molecule has 0 saturated heterocycles. The van der Waals surface area contributed by atoms with E-state index in [1.54, 1.807) is 6.07 Å². The van der Waals surface area contributed by atoms with E-state index in [0.29, 0.717) is 49.4 Å². The fourth-order valence-electron chi connectivity index (χ4n) is 6.15. The number of carbonyl (C=O) groups is 1. The van der Waals surface area contributed by atoms with Crippen LogP contribution in [0.5, 0.6) is 0 Å². The van der Waals surface area contributed by atoms with Gasteiger partial charge in [-0.2, -0.15) is 0 Å². The Morgan fingerprint density at radius 3 is 2.09 bits per heavy atom. The van der Waals surface area contributed by atoms with Crippen molar-refractivity contribution in [3.8, 4) is 0 Å². The maximum absolute atomic E-state index is 13.0. The van der Waals surface area contributed by atoms with Gasteiger partial charge in [0.25, 0.3) is 0 Å². The number of amides is 1. The van der Waals surface area contributed by atoms with Crippen molar-refractivity contribution in [1.82, 2.24) is 9.88 Å². The zero-order chi connectivity index (χ0) is 34.4. The molecule has 1 fully saturated rings. The second-order valence-corrected chi connectivity index (χ2v) is 15.9. The number of sulfonamides is 1. The van der Waals surface area contributed by atoms with Crippen LogP contribution in [0.15, 0.2) is 72.8 Å². The standard InChI is InChI=1S/C37H52N4O5S/c1-8-19-40(47(7,44)45)35-23-31(22-34(38-35)39(25-32-20-27(32)2)24-30-17-13-10-14-18-30)26-46-28(3)33(21-29-15-11-9-12-16-29)41(36(42)43)37(4,5)6/h9-18,22-23,27-28,32-33H,8,19-21,24-26H2,1-7H3,(H,42,43). The predicted molar refractivity (Wildman–Crippen MR) is 189 cm³/mol. The van der Waals surface area contributed by atoms with E-state index >= 15 is 0 Å². The van der Waals surface area contributed by atoms with Gasteiger partial charge in [-0.3, -0.25) is 9.21 Å². The third-order valence-electron chi connectivity index (χ3n) is 8.81. The van der Waals surface area contributed by atoms with E-state index in [2.05, 4.69) is 24.0 Å². The van der Waals surface area contributed by atoms with E-state index in [1.165, 1.54) is 15.5 Å². The molecule has 0 spiro atoms. The molecule has 0 bridgehead atoms. The minimum Gasteiger partial charge on any atom is -0.465 e. The van der Waals surface area contributed by atoms with Crippen LogP contribution >= 0.6 is 0 Å². The Kier molecular flexibility index (Phi) is 12.0. The van der Waals surface area contributed by atoms with Crippen LogP contribution in [-0.4, -0.2) is 66.5 Å². The van der Waals surface area contributed by atoms with E-state index in [0.717, 1.165) is 29.7 Å². The smallest absolute Gasteiger partial charge is 0.408 e. The monoisotopic (exact) mass is 664 g/mol. The number of ether oxygens (including phenoxy) is 1. The van der Waals surface area contributed by atoms with Gasteiger partial charge in [-0.1, -0.05) is 74.5 Å². The molecule has 47 heavy (non-hydrogen) atoms. The van der Waals surface area contributed by atoms with Crippen LogP contribution in [0, 0.1) is 11.8 Å². The van der Waals surface area contributed by atoms with Crippen LogP contribution in [0.1, 0.15) is 71.1 Å². The van der Waals surface area contributed by atoms with Crippen molar-refractivity contribution in [2.45, 2.75) is 91.6 Å². The molecule has 1 aliphatic carbocycles. The number of rotatable bonds is 16. The highest BCUT2D eigenvalue weighted by Crippen LogP contribution is 2.39. The quantitative estimate of drug-likeness (QED) is 0.173. The van der Waals surface area contributed by atoms with Gasteiger partial charge in [-0.25, -0.2) is 18.2 Å². The van der Waals surface area contributed by atoms with E-state index < -0.39 is 33.8 Å². The number of hydrogen-bond acceptors (Lipinski definition) is 6. The second kappa shape index (κ2) is 15.5. The van der Waals surface area contributed by atoms with Crippen LogP contribution in [-0.2, 0) is 34.3 Å². The van der Waals surface area contributed by atoms with Gasteiger partial charge in [0.1, 0.15) is 11.6 Å². The Morgan fingerprint density at radius 1 is 1.00 bits per heavy atom. The molecule has 2 aromatic carbocycles. The molecule has 4 rings (SSSR count). The summed E-state index contributed by atoms with van der Waals surface area (Å²) in [4.78, 5) is 21.3. The molecule has 4 atom stereocenters. The molecule has 9 nitrogen and oxygen atoms in total. The summed E-state index contributed by atoms with van der Waals surface area (Å²) in [5.74, 6) is 2.24. The molecule has 1 heterocycles. The third kappa shape index (κ3) is 10.2. The average molecular weight is 665 g/mol. The van der Waals surface area contributed by atoms with E-state index in [4.69, 9.17) is 9.72 Å². The summed E-state index contributed by atoms with van der Waals surface area (Å²) in [5.41, 5.74) is 2.28. The van der Waals surface area contributed by atoms with Crippen molar-refractivity contribution in [2.24, 2.45) is 11.8 Å². The summed E-state index contributed by atoms with van der Waals surface area (Å²) in [6, 6.07) is 23.4. The molecule has 3 aromatic rings. The van der Waals surface area contributed by atoms with Crippen LogP contribution in [0.4, 0.5) is 16.4 Å². The second-order valence-electron chi connectivity index (χ2n) is 14.0. The van der Waals surface area contributed by atoms with Crippen molar-refractivity contribution in [3.05, 3.63) is 89.5 Å². The van der Waals surface area contributed by atoms with E-state index in [-0.39, 0.29) is 6.61 Å². The van der Waals surface area contributed by atoms with Crippen LogP contribution < -0.4 is 9.21 Å². The molecule has 0 radical (unpaired) electrons. The normalized spacial score (nSPS) is 17.5. The fraction of sp³-hybridized carbons (Fsp3) is 0.514. The topological polar surface area (TPSA) is 103 Å². The molecule has 4 unspecified atom stereocenters. The number of benzene rings is 2. The Balaban J connectivity index is 1.71. The highest BCUT2D eigenvalue weighted by molar-refractivity contribution is 7.92. The summed E-state index contributed by atoms with van der Waals surface area (Å²) in [7, 11) is -3.59. The lowest BCUT2D eigenvalue weighted by atomic mass is 9.95. The van der Waals surface area contributed by atoms with Crippen molar-refractivity contribution in [1.29, 1.82) is 0 Å². The minimum atomic E-state index is -3.59. The Labute approximate surface area is 281 Å². The number of hydrogen-bond donors (Lipinski definition) is 1. The van der Waals surface area contributed by atoms with Gasteiger partial charge in [0, 0.05) is 25.2 Å².